The number of imide groups is 1. The summed E-state index contributed by atoms with van der Waals surface area (Å²) in [4.78, 5) is 43.6. The van der Waals surface area contributed by atoms with Crippen LogP contribution in [0.25, 0.3) is 0 Å². The van der Waals surface area contributed by atoms with Crippen LogP contribution in [0, 0.1) is 5.92 Å². The molecular formula is C24H27N3O3. The van der Waals surface area contributed by atoms with Crippen LogP contribution in [0.5, 0.6) is 0 Å². The third-order valence-corrected chi connectivity index (χ3v) is 6.54. The molecule has 0 aromatic heterocycles. The summed E-state index contributed by atoms with van der Waals surface area (Å²) < 4.78 is 0. The third-order valence-electron chi connectivity index (χ3n) is 6.54. The van der Waals surface area contributed by atoms with Gasteiger partial charge >= 0.3 is 0 Å². The Kier molecular flexibility index (Phi) is 5.43. The standard InChI is InChI=1S/C24H27N3O3/c1-16(17-12-14-25(2)15-13-17)26(3)22(28)18-8-10-19(11-9-18)27-23(29)20-6-4-5-7-21(20)24(27)30/h4-11,16-17H,12-15H2,1-3H3. The topological polar surface area (TPSA) is 60.9 Å². The maximum Gasteiger partial charge on any atom is 0.266 e. The molecule has 6 nitrogen and oxygen atoms in total. The number of fused-ring (bicyclic) bond motifs is 1. The Morgan fingerprint density at radius 1 is 0.967 bits per heavy atom. The molecule has 1 fully saturated rings. The molecule has 1 saturated heterocycles. The molecule has 156 valence electrons. The third kappa shape index (κ3) is 3.52. The van der Waals surface area contributed by atoms with E-state index in [4.69, 9.17) is 0 Å². The lowest BCUT2D eigenvalue weighted by Crippen LogP contribution is -2.44. The molecule has 1 unspecified atom stereocenters. The summed E-state index contributed by atoms with van der Waals surface area (Å²) in [6.45, 7) is 4.24. The van der Waals surface area contributed by atoms with Crippen LogP contribution in [0.15, 0.2) is 48.5 Å². The zero-order chi connectivity index (χ0) is 21.4. The van der Waals surface area contributed by atoms with Gasteiger partial charge in [-0.15, -0.1) is 0 Å². The molecule has 0 radical (unpaired) electrons. The number of benzene rings is 2. The fourth-order valence-corrected chi connectivity index (χ4v) is 4.39. The number of hydrogen-bond donors (Lipinski definition) is 0. The minimum Gasteiger partial charge on any atom is -0.339 e. The Morgan fingerprint density at radius 2 is 1.50 bits per heavy atom. The van der Waals surface area contributed by atoms with Crippen LogP contribution in [-0.4, -0.2) is 60.7 Å². The number of nitrogens with zero attached hydrogens (tertiary/aromatic N) is 3. The van der Waals surface area contributed by atoms with E-state index in [0.29, 0.717) is 28.3 Å². The predicted molar refractivity (Wildman–Crippen MR) is 116 cm³/mol. The first kappa shape index (κ1) is 20.3. The number of likely N-dealkylation sites (tertiary alicyclic amines) is 1. The van der Waals surface area contributed by atoms with Gasteiger partial charge in [0.15, 0.2) is 0 Å². The zero-order valence-corrected chi connectivity index (χ0v) is 17.7. The van der Waals surface area contributed by atoms with Crippen LogP contribution < -0.4 is 4.90 Å². The Hall–Kier alpha value is -2.99. The van der Waals surface area contributed by atoms with Gasteiger partial charge < -0.3 is 9.80 Å². The Bertz CT molecular complexity index is 942. The van der Waals surface area contributed by atoms with Crippen molar-refractivity contribution >= 4 is 23.4 Å². The minimum absolute atomic E-state index is 0.0460. The van der Waals surface area contributed by atoms with Crippen LogP contribution in [0.3, 0.4) is 0 Å². The van der Waals surface area contributed by atoms with Crippen LogP contribution in [-0.2, 0) is 0 Å². The quantitative estimate of drug-likeness (QED) is 0.733. The normalized spacial score (nSPS) is 18.4. The number of rotatable bonds is 4. The summed E-state index contributed by atoms with van der Waals surface area (Å²) in [6.07, 6.45) is 2.18. The Morgan fingerprint density at radius 3 is 2.03 bits per heavy atom. The molecule has 30 heavy (non-hydrogen) atoms. The van der Waals surface area contributed by atoms with E-state index in [2.05, 4.69) is 18.9 Å². The first-order chi connectivity index (χ1) is 14.4. The van der Waals surface area contributed by atoms with E-state index in [0.717, 1.165) is 25.9 Å². The predicted octanol–water partition coefficient (Wildman–Crippen LogP) is 3.29. The average Bonchev–Trinajstić information content (AvgIpc) is 3.03. The van der Waals surface area contributed by atoms with Crippen molar-refractivity contribution in [1.82, 2.24) is 9.80 Å². The number of piperidine rings is 1. The highest BCUT2D eigenvalue weighted by atomic mass is 16.2. The molecule has 0 aliphatic carbocycles. The number of carbonyl (C=O) groups is 3. The molecule has 0 saturated carbocycles. The number of hydrogen-bond acceptors (Lipinski definition) is 4. The zero-order valence-electron chi connectivity index (χ0n) is 17.7. The highest BCUT2D eigenvalue weighted by Crippen LogP contribution is 2.29. The number of amides is 3. The van der Waals surface area contributed by atoms with Crippen molar-refractivity contribution in [3.8, 4) is 0 Å². The summed E-state index contributed by atoms with van der Waals surface area (Å²) >= 11 is 0. The van der Waals surface area contributed by atoms with E-state index in [-0.39, 0.29) is 23.8 Å². The second-order valence-corrected chi connectivity index (χ2v) is 8.34. The molecule has 0 bridgehead atoms. The summed E-state index contributed by atoms with van der Waals surface area (Å²) in [5, 5.41) is 0. The minimum atomic E-state index is -0.331. The first-order valence-corrected chi connectivity index (χ1v) is 10.4. The van der Waals surface area contributed by atoms with Crippen LogP contribution >= 0.6 is 0 Å². The molecular weight excluding hydrogens is 378 g/mol. The van der Waals surface area contributed by atoms with Crippen molar-refractivity contribution in [1.29, 1.82) is 0 Å². The highest BCUT2D eigenvalue weighted by molar-refractivity contribution is 6.34. The number of anilines is 1. The molecule has 4 rings (SSSR count). The van der Waals surface area contributed by atoms with Gasteiger partial charge in [0.1, 0.15) is 0 Å². The lowest BCUT2D eigenvalue weighted by Gasteiger charge is -2.37. The van der Waals surface area contributed by atoms with Crippen molar-refractivity contribution in [3.05, 3.63) is 65.2 Å². The Labute approximate surface area is 177 Å². The monoisotopic (exact) mass is 405 g/mol. The fraction of sp³-hybridized carbons (Fsp3) is 0.375. The number of carbonyl (C=O) groups excluding carboxylic acids is 3. The maximum atomic E-state index is 13.0. The van der Waals surface area contributed by atoms with E-state index in [1.54, 1.807) is 48.5 Å². The average molecular weight is 405 g/mol. The molecule has 2 heterocycles. The van der Waals surface area contributed by atoms with E-state index in [9.17, 15) is 14.4 Å². The van der Waals surface area contributed by atoms with Crippen molar-refractivity contribution in [2.24, 2.45) is 5.92 Å². The van der Waals surface area contributed by atoms with Gasteiger partial charge in [-0.2, -0.15) is 0 Å². The lowest BCUT2D eigenvalue weighted by molar-refractivity contribution is 0.0636. The van der Waals surface area contributed by atoms with E-state index in [1.807, 2.05) is 11.9 Å². The van der Waals surface area contributed by atoms with E-state index < -0.39 is 0 Å². The molecule has 1 atom stereocenters. The van der Waals surface area contributed by atoms with Gasteiger partial charge in [-0.1, -0.05) is 12.1 Å². The van der Waals surface area contributed by atoms with Crippen LogP contribution in [0.1, 0.15) is 50.8 Å². The van der Waals surface area contributed by atoms with Gasteiger partial charge in [0.2, 0.25) is 0 Å². The van der Waals surface area contributed by atoms with Crippen molar-refractivity contribution in [2.45, 2.75) is 25.8 Å². The van der Waals surface area contributed by atoms with E-state index in [1.165, 1.54) is 4.90 Å². The molecule has 6 heteroatoms. The van der Waals surface area contributed by atoms with Gasteiger partial charge in [-0.3, -0.25) is 14.4 Å². The second-order valence-electron chi connectivity index (χ2n) is 8.34. The van der Waals surface area contributed by atoms with E-state index >= 15 is 0 Å². The molecule has 2 aromatic carbocycles. The first-order valence-electron chi connectivity index (χ1n) is 10.4. The molecule has 2 aromatic rings. The lowest BCUT2D eigenvalue weighted by atomic mass is 9.89. The van der Waals surface area contributed by atoms with Gasteiger partial charge in [0, 0.05) is 18.7 Å². The molecule has 2 aliphatic rings. The van der Waals surface area contributed by atoms with Crippen LogP contribution in [0.2, 0.25) is 0 Å². The maximum absolute atomic E-state index is 13.0. The van der Waals surface area contributed by atoms with Crippen LogP contribution in [0.4, 0.5) is 5.69 Å². The second kappa shape index (κ2) is 8.03. The van der Waals surface area contributed by atoms with Gasteiger partial charge in [-0.25, -0.2) is 4.90 Å². The summed E-state index contributed by atoms with van der Waals surface area (Å²) in [7, 11) is 3.98. The summed E-state index contributed by atoms with van der Waals surface area (Å²) in [6, 6.07) is 13.7. The van der Waals surface area contributed by atoms with Crippen molar-refractivity contribution in [2.75, 3.05) is 32.1 Å². The summed E-state index contributed by atoms with van der Waals surface area (Å²) in [5.74, 6) is -0.214. The molecule has 0 N–H and O–H groups in total. The summed E-state index contributed by atoms with van der Waals surface area (Å²) in [5.41, 5.74) is 1.85. The molecule has 3 amide bonds. The largest absolute Gasteiger partial charge is 0.339 e. The molecule has 2 aliphatic heterocycles. The highest BCUT2D eigenvalue weighted by Gasteiger charge is 2.36. The van der Waals surface area contributed by atoms with Crippen molar-refractivity contribution < 1.29 is 14.4 Å². The molecule has 0 spiro atoms. The Balaban J connectivity index is 1.48. The van der Waals surface area contributed by atoms with Gasteiger partial charge in [0.25, 0.3) is 17.7 Å². The SMILES string of the molecule is CC(C1CCN(C)CC1)N(C)C(=O)c1ccc(N2C(=O)c3ccccc3C2=O)cc1. The van der Waals surface area contributed by atoms with Crippen molar-refractivity contribution in [3.63, 3.8) is 0 Å². The van der Waals surface area contributed by atoms with Gasteiger partial charge in [-0.05, 0) is 82.2 Å². The fourth-order valence-electron chi connectivity index (χ4n) is 4.39. The van der Waals surface area contributed by atoms with Gasteiger partial charge in [0.05, 0.1) is 16.8 Å². The smallest absolute Gasteiger partial charge is 0.266 e.